The molecule has 18 heavy (non-hydrogen) atoms. The molecule has 3 N–H and O–H groups in total. The summed E-state index contributed by atoms with van der Waals surface area (Å²) in [5.74, 6) is 0.191. The van der Waals surface area contributed by atoms with Gasteiger partial charge in [0.15, 0.2) is 0 Å². The van der Waals surface area contributed by atoms with Crippen LogP contribution >= 0.6 is 11.8 Å². The van der Waals surface area contributed by atoms with Crippen molar-refractivity contribution < 1.29 is 10.0 Å². The van der Waals surface area contributed by atoms with Gasteiger partial charge in [0, 0.05) is 21.9 Å². The first-order valence-corrected chi connectivity index (χ1v) is 5.89. The van der Waals surface area contributed by atoms with Gasteiger partial charge in [-0.15, -0.1) is 0 Å². The summed E-state index contributed by atoms with van der Waals surface area (Å²) in [7, 11) is 0. The Labute approximate surface area is 107 Å². The molecule has 0 amide bonds. The summed E-state index contributed by atoms with van der Waals surface area (Å²) in [4.78, 5) is 11.7. The van der Waals surface area contributed by atoms with E-state index >= 15 is 0 Å². The SMILES string of the molecule is Nc1cc([N+](=O)[O-])ccc1Sc1ccc(O)cc1. The van der Waals surface area contributed by atoms with E-state index in [4.69, 9.17) is 10.8 Å². The summed E-state index contributed by atoms with van der Waals surface area (Å²) in [6.07, 6.45) is 0. The van der Waals surface area contributed by atoms with Gasteiger partial charge in [0.25, 0.3) is 5.69 Å². The van der Waals surface area contributed by atoms with Gasteiger partial charge in [-0.25, -0.2) is 0 Å². The van der Waals surface area contributed by atoms with Crippen molar-refractivity contribution in [2.75, 3.05) is 5.73 Å². The zero-order valence-corrected chi connectivity index (χ0v) is 10.1. The van der Waals surface area contributed by atoms with E-state index < -0.39 is 4.92 Å². The molecule has 2 aromatic rings. The summed E-state index contributed by atoms with van der Waals surface area (Å²) in [6, 6.07) is 11.0. The number of aromatic hydroxyl groups is 1. The molecule has 0 heterocycles. The fourth-order valence-corrected chi connectivity index (χ4v) is 2.22. The van der Waals surface area contributed by atoms with Gasteiger partial charge in [0.2, 0.25) is 0 Å². The number of non-ortho nitro benzene ring substituents is 1. The molecule has 0 aliphatic heterocycles. The number of hydrogen-bond acceptors (Lipinski definition) is 5. The lowest BCUT2D eigenvalue weighted by Crippen LogP contribution is -1.93. The van der Waals surface area contributed by atoms with Crippen LogP contribution in [0.25, 0.3) is 0 Å². The first kappa shape index (κ1) is 12.3. The van der Waals surface area contributed by atoms with Crippen LogP contribution in [0.3, 0.4) is 0 Å². The van der Waals surface area contributed by atoms with Gasteiger partial charge in [-0.05, 0) is 30.3 Å². The number of rotatable bonds is 3. The molecule has 0 atom stereocenters. The first-order valence-electron chi connectivity index (χ1n) is 5.07. The van der Waals surface area contributed by atoms with E-state index in [9.17, 15) is 10.1 Å². The van der Waals surface area contributed by atoms with Gasteiger partial charge in [0.05, 0.1) is 10.6 Å². The van der Waals surface area contributed by atoms with Crippen LogP contribution in [-0.2, 0) is 0 Å². The number of hydrogen-bond donors (Lipinski definition) is 2. The fourth-order valence-electron chi connectivity index (χ4n) is 1.38. The average molecular weight is 262 g/mol. The Hall–Kier alpha value is -2.21. The third-order valence-electron chi connectivity index (χ3n) is 2.27. The number of nitrogens with zero attached hydrogens (tertiary/aromatic N) is 1. The Morgan fingerprint density at radius 1 is 1.17 bits per heavy atom. The highest BCUT2D eigenvalue weighted by Gasteiger charge is 2.09. The molecule has 0 aliphatic rings. The van der Waals surface area contributed by atoms with Crippen LogP contribution in [0.5, 0.6) is 5.75 Å². The van der Waals surface area contributed by atoms with E-state index in [2.05, 4.69) is 0 Å². The molecule has 0 spiro atoms. The van der Waals surface area contributed by atoms with Crippen LogP contribution in [0.2, 0.25) is 0 Å². The Kier molecular flexibility index (Phi) is 3.38. The highest BCUT2D eigenvalue weighted by atomic mass is 32.2. The second kappa shape index (κ2) is 4.97. The fraction of sp³-hybridized carbons (Fsp3) is 0. The Balaban J connectivity index is 2.24. The summed E-state index contributed by atoms with van der Waals surface area (Å²) >= 11 is 1.38. The quantitative estimate of drug-likeness (QED) is 0.504. The second-order valence-electron chi connectivity index (χ2n) is 3.58. The predicted molar refractivity (Wildman–Crippen MR) is 69.7 cm³/mol. The van der Waals surface area contributed by atoms with Crippen molar-refractivity contribution in [1.82, 2.24) is 0 Å². The number of phenols is 1. The van der Waals surface area contributed by atoms with E-state index in [0.717, 1.165) is 9.79 Å². The van der Waals surface area contributed by atoms with Gasteiger partial charge in [-0.1, -0.05) is 11.8 Å². The number of phenolic OH excluding ortho intramolecular Hbond substituents is 1. The minimum atomic E-state index is -0.481. The first-order chi connectivity index (χ1) is 8.56. The van der Waals surface area contributed by atoms with E-state index in [1.807, 2.05) is 0 Å². The molecule has 0 unspecified atom stereocenters. The standard InChI is InChI=1S/C12H10N2O3S/c13-11-7-8(14(16)17)1-6-12(11)18-10-4-2-9(15)3-5-10/h1-7,15H,13H2. The third kappa shape index (κ3) is 2.72. The largest absolute Gasteiger partial charge is 0.508 e. The molecule has 0 saturated carbocycles. The van der Waals surface area contributed by atoms with Crippen LogP contribution in [0.4, 0.5) is 11.4 Å². The van der Waals surface area contributed by atoms with Crippen molar-refractivity contribution in [1.29, 1.82) is 0 Å². The van der Waals surface area contributed by atoms with E-state index in [1.54, 1.807) is 30.3 Å². The molecule has 0 saturated heterocycles. The van der Waals surface area contributed by atoms with E-state index in [0.29, 0.717) is 5.69 Å². The lowest BCUT2D eigenvalue weighted by molar-refractivity contribution is -0.384. The van der Waals surface area contributed by atoms with Crippen LogP contribution in [0.1, 0.15) is 0 Å². The second-order valence-corrected chi connectivity index (χ2v) is 4.69. The van der Waals surface area contributed by atoms with Gasteiger partial charge < -0.3 is 10.8 Å². The lowest BCUT2D eigenvalue weighted by Gasteiger charge is -2.05. The summed E-state index contributed by atoms with van der Waals surface area (Å²) in [6.45, 7) is 0. The zero-order chi connectivity index (χ0) is 13.1. The summed E-state index contributed by atoms with van der Waals surface area (Å²) in [5, 5.41) is 19.7. The molecule has 0 radical (unpaired) electrons. The molecular formula is C12H10N2O3S. The molecule has 0 bridgehead atoms. The van der Waals surface area contributed by atoms with Gasteiger partial charge in [0.1, 0.15) is 5.75 Å². The van der Waals surface area contributed by atoms with Crippen LogP contribution in [0, 0.1) is 10.1 Å². The Bertz CT molecular complexity index is 584. The van der Waals surface area contributed by atoms with Crippen molar-refractivity contribution in [3.8, 4) is 5.75 Å². The maximum Gasteiger partial charge on any atom is 0.271 e. The number of nitro benzene ring substituents is 1. The molecular weight excluding hydrogens is 252 g/mol. The number of nitrogens with two attached hydrogens (primary N) is 1. The highest BCUT2D eigenvalue weighted by Crippen LogP contribution is 2.34. The van der Waals surface area contributed by atoms with Crippen molar-refractivity contribution in [2.45, 2.75) is 9.79 Å². The Morgan fingerprint density at radius 2 is 1.83 bits per heavy atom. The molecule has 2 aromatic carbocycles. The number of nitro groups is 1. The smallest absolute Gasteiger partial charge is 0.271 e. The number of anilines is 1. The molecule has 0 fully saturated rings. The number of benzene rings is 2. The van der Waals surface area contributed by atoms with Crippen LogP contribution in [0.15, 0.2) is 52.3 Å². The molecule has 0 aromatic heterocycles. The highest BCUT2D eigenvalue weighted by molar-refractivity contribution is 7.99. The summed E-state index contributed by atoms with van der Waals surface area (Å²) in [5.41, 5.74) is 6.10. The number of nitrogen functional groups attached to an aromatic ring is 1. The average Bonchev–Trinajstić information content (AvgIpc) is 2.34. The normalized spacial score (nSPS) is 10.2. The maximum atomic E-state index is 10.6. The monoisotopic (exact) mass is 262 g/mol. The predicted octanol–water partition coefficient (Wildman–Crippen LogP) is 3.03. The van der Waals surface area contributed by atoms with Crippen molar-refractivity contribution in [2.24, 2.45) is 0 Å². The van der Waals surface area contributed by atoms with Crippen molar-refractivity contribution in [3.63, 3.8) is 0 Å². The van der Waals surface area contributed by atoms with Crippen molar-refractivity contribution >= 4 is 23.1 Å². The van der Waals surface area contributed by atoms with Crippen LogP contribution < -0.4 is 5.73 Å². The van der Waals surface area contributed by atoms with E-state index in [1.165, 1.54) is 23.9 Å². The van der Waals surface area contributed by atoms with Crippen LogP contribution in [-0.4, -0.2) is 10.0 Å². The van der Waals surface area contributed by atoms with Crippen molar-refractivity contribution in [3.05, 3.63) is 52.6 Å². The minimum Gasteiger partial charge on any atom is -0.508 e. The molecule has 6 heteroatoms. The molecule has 0 aliphatic carbocycles. The molecule has 2 rings (SSSR count). The van der Waals surface area contributed by atoms with E-state index in [-0.39, 0.29) is 11.4 Å². The lowest BCUT2D eigenvalue weighted by atomic mass is 10.3. The topological polar surface area (TPSA) is 89.4 Å². The zero-order valence-electron chi connectivity index (χ0n) is 9.24. The van der Waals surface area contributed by atoms with Gasteiger partial charge in [-0.2, -0.15) is 0 Å². The summed E-state index contributed by atoms with van der Waals surface area (Å²) < 4.78 is 0. The van der Waals surface area contributed by atoms with Gasteiger partial charge in [-0.3, -0.25) is 10.1 Å². The van der Waals surface area contributed by atoms with Gasteiger partial charge >= 0.3 is 0 Å². The Morgan fingerprint density at radius 3 is 2.39 bits per heavy atom. The molecule has 5 nitrogen and oxygen atoms in total. The minimum absolute atomic E-state index is 0.0254. The molecule has 92 valence electrons. The third-order valence-corrected chi connectivity index (χ3v) is 3.37. The maximum absolute atomic E-state index is 10.6.